The normalized spacial score (nSPS) is 18.8. The molecule has 3 aromatic heterocycles. The van der Waals surface area contributed by atoms with Crippen molar-refractivity contribution in [3.63, 3.8) is 0 Å². The molecule has 9 nitrogen and oxygen atoms in total. The summed E-state index contributed by atoms with van der Waals surface area (Å²) in [4.78, 5) is 30.6. The van der Waals surface area contributed by atoms with Crippen LogP contribution in [0.5, 0.6) is 0 Å². The Morgan fingerprint density at radius 3 is 2.63 bits per heavy atom. The molecule has 0 aromatic carbocycles. The first-order chi connectivity index (χ1) is 16.8. The van der Waals surface area contributed by atoms with Gasteiger partial charge >= 0.3 is 0 Å². The lowest BCUT2D eigenvalue weighted by molar-refractivity contribution is -0.119. The summed E-state index contributed by atoms with van der Waals surface area (Å²) in [6, 6.07) is 0.459. The monoisotopic (exact) mass is 482 g/mol. The standard InChI is InChI=1S/C25H31FN6O3/c1-5-20-18(13-35-31-20)24(33)30-21(16-8-6-14(2)7-9-16)25(34)29-17-10-19(26)22(27-12-17)23-15(3)11-28-32(23)4/h10-14,16,21H,5-9H2,1-4H3,(H,29,34)(H,30,33)/t14?,16?,21-/m0/s1. The highest BCUT2D eigenvalue weighted by atomic mass is 19.1. The number of aromatic nitrogens is 4. The van der Waals surface area contributed by atoms with E-state index in [0.717, 1.165) is 31.2 Å². The van der Waals surface area contributed by atoms with Gasteiger partial charge in [-0.05, 0) is 43.6 Å². The van der Waals surface area contributed by atoms with E-state index in [1.54, 1.807) is 17.9 Å². The first-order valence-electron chi connectivity index (χ1n) is 12.0. The van der Waals surface area contributed by atoms with Crippen molar-refractivity contribution in [1.29, 1.82) is 0 Å². The quantitative estimate of drug-likeness (QED) is 0.525. The Morgan fingerprint density at radius 1 is 1.26 bits per heavy atom. The number of anilines is 1. The van der Waals surface area contributed by atoms with Gasteiger partial charge in [-0.2, -0.15) is 5.10 Å². The molecule has 1 aliphatic carbocycles. The highest BCUT2D eigenvalue weighted by Gasteiger charge is 2.33. The van der Waals surface area contributed by atoms with Crippen LogP contribution < -0.4 is 10.6 Å². The molecule has 2 amide bonds. The van der Waals surface area contributed by atoms with E-state index >= 15 is 0 Å². The zero-order valence-electron chi connectivity index (χ0n) is 20.5. The van der Waals surface area contributed by atoms with E-state index < -0.39 is 23.7 Å². The SMILES string of the molecule is CCc1nocc1C(=O)N[C@H](C(=O)Nc1cnc(-c2c(C)cnn2C)c(F)c1)C1CCC(C)CC1. The molecule has 0 radical (unpaired) electrons. The molecule has 186 valence electrons. The highest BCUT2D eigenvalue weighted by molar-refractivity contribution is 6.01. The zero-order chi connectivity index (χ0) is 25.1. The van der Waals surface area contributed by atoms with Crippen molar-refractivity contribution in [2.45, 2.75) is 58.9 Å². The van der Waals surface area contributed by atoms with E-state index in [4.69, 9.17) is 4.52 Å². The number of aryl methyl sites for hydroxylation is 3. The molecule has 35 heavy (non-hydrogen) atoms. The maximum absolute atomic E-state index is 15.0. The van der Waals surface area contributed by atoms with Gasteiger partial charge in [-0.15, -0.1) is 0 Å². The van der Waals surface area contributed by atoms with Crippen molar-refractivity contribution in [3.8, 4) is 11.4 Å². The zero-order valence-corrected chi connectivity index (χ0v) is 20.5. The number of nitrogens with one attached hydrogen (secondary N) is 2. The Bertz CT molecular complexity index is 1190. The number of carbonyl (C=O) groups excluding carboxylic acids is 2. The maximum atomic E-state index is 15.0. The molecule has 3 heterocycles. The number of amides is 2. The van der Waals surface area contributed by atoms with Crippen molar-refractivity contribution in [2.24, 2.45) is 18.9 Å². The summed E-state index contributed by atoms with van der Waals surface area (Å²) in [6.45, 7) is 5.89. The number of hydrogen-bond acceptors (Lipinski definition) is 6. The van der Waals surface area contributed by atoms with Gasteiger partial charge in [0.2, 0.25) is 5.91 Å². The molecular formula is C25H31FN6O3. The van der Waals surface area contributed by atoms with Crippen molar-refractivity contribution in [3.05, 3.63) is 47.4 Å². The van der Waals surface area contributed by atoms with E-state index in [1.807, 2.05) is 13.8 Å². The maximum Gasteiger partial charge on any atom is 0.257 e. The minimum atomic E-state index is -0.781. The largest absolute Gasteiger partial charge is 0.364 e. The average Bonchev–Trinajstić information content (AvgIpc) is 3.44. The lowest BCUT2D eigenvalue weighted by Crippen LogP contribution is -2.49. The van der Waals surface area contributed by atoms with Crippen LogP contribution in [-0.4, -0.2) is 37.8 Å². The number of rotatable bonds is 7. The Morgan fingerprint density at radius 2 is 2.00 bits per heavy atom. The molecule has 3 aromatic rings. The Labute approximate surface area is 203 Å². The molecule has 0 bridgehead atoms. The summed E-state index contributed by atoms with van der Waals surface area (Å²) in [5.74, 6) is -0.837. The highest BCUT2D eigenvalue weighted by Crippen LogP contribution is 2.31. The van der Waals surface area contributed by atoms with Crippen LogP contribution in [0.3, 0.4) is 0 Å². The third-order valence-corrected chi connectivity index (χ3v) is 6.78. The van der Waals surface area contributed by atoms with Crippen LogP contribution in [0.15, 0.2) is 29.2 Å². The molecule has 1 atom stereocenters. The molecular weight excluding hydrogens is 451 g/mol. The summed E-state index contributed by atoms with van der Waals surface area (Å²) in [5, 5.41) is 13.6. The van der Waals surface area contributed by atoms with E-state index in [0.29, 0.717) is 29.3 Å². The summed E-state index contributed by atoms with van der Waals surface area (Å²) in [7, 11) is 1.72. The number of nitrogens with zero attached hydrogens (tertiary/aromatic N) is 4. The second-order valence-corrected chi connectivity index (χ2v) is 9.34. The molecule has 1 aliphatic rings. The second kappa shape index (κ2) is 10.4. The van der Waals surface area contributed by atoms with Crippen LogP contribution in [0.1, 0.15) is 61.1 Å². The van der Waals surface area contributed by atoms with E-state index in [-0.39, 0.29) is 17.3 Å². The fourth-order valence-electron chi connectivity index (χ4n) is 4.72. The van der Waals surface area contributed by atoms with Crippen LogP contribution in [0, 0.1) is 24.6 Å². The van der Waals surface area contributed by atoms with Crippen LogP contribution in [0.2, 0.25) is 0 Å². The van der Waals surface area contributed by atoms with Crippen molar-refractivity contribution in [1.82, 2.24) is 25.2 Å². The number of hydrogen-bond donors (Lipinski definition) is 2. The third kappa shape index (κ3) is 5.26. The van der Waals surface area contributed by atoms with Crippen molar-refractivity contribution >= 4 is 17.5 Å². The van der Waals surface area contributed by atoms with Gasteiger partial charge < -0.3 is 15.2 Å². The fraction of sp³-hybridized carbons (Fsp3) is 0.480. The minimum Gasteiger partial charge on any atom is -0.364 e. The first-order valence-corrected chi connectivity index (χ1v) is 12.0. The average molecular weight is 483 g/mol. The van der Waals surface area contributed by atoms with Gasteiger partial charge in [0.1, 0.15) is 23.6 Å². The smallest absolute Gasteiger partial charge is 0.257 e. The van der Waals surface area contributed by atoms with Crippen molar-refractivity contribution in [2.75, 3.05) is 5.32 Å². The lowest BCUT2D eigenvalue weighted by Gasteiger charge is -2.32. The van der Waals surface area contributed by atoms with Gasteiger partial charge in [0.05, 0.1) is 29.5 Å². The summed E-state index contributed by atoms with van der Waals surface area (Å²) < 4.78 is 21.5. The summed E-state index contributed by atoms with van der Waals surface area (Å²) in [5.41, 5.74) is 2.60. The number of carbonyl (C=O) groups is 2. The number of halogens is 1. The van der Waals surface area contributed by atoms with E-state index in [1.165, 1.54) is 18.5 Å². The second-order valence-electron chi connectivity index (χ2n) is 9.34. The van der Waals surface area contributed by atoms with Gasteiger partial charge in [-0.1, -0.05) is 31.8 Å². The van der Waals surface area contributed by atoms with Crippen LogP contribution in [-0.2, 0) is 18.3 Å². The molecule has 1 fully saturated rings. The molecule has 0 saturated heterocycles. The van der Waals surface area contributed by atoms with E-state index in [2.05, 4.69) is 32.8 Å². The predicted molar refractivity (Wildman–Crippen MR) is 128 cm³/mol. The summed E-state index contributed by atoms with van der Waals surface area (Å²) >= 11 is 0. The minimum absolute atomic E-state index is 0.0331. The Kier molecular flexibility index (Phi) is 7.28. The number of pyridine rings is 1. The fourth-order valence-corrected chi connectivity index (χ4v) is 4.72. The van der Waals surface area contributed by atoms with Crippen LogP contribution in [0.4, 0.5) is 10.1 Å². The van der Waals surface area contributed by atoms with Crippen LogP contribution in [0.25, 0.3) is 11.4 Å². The molecule has 4 rings (SSSR count). The Balaban J connectivity index is 1.55. The third-order valence-electron chi connectivity index (χ3n) is 6.78. The van der Waals surface area contributed by atoms with Crippen molar-refractivity contribution < 1.29 is 18.5 Å². The Hall–Kier alpha value is -3.56. The summed E-state index contributed by atoms with van der Waals surface area (Å²) in [6.07, 6.45) is 8.47. The van der Waals surface area contributed by atoms with Gasteiger partial charge in [-0.25, -0.2) is 9.37 Å². The van der Waals surface area contributed by atoms with Gasteiger partial charge in [0.25, 0.3) is 5.91 Å². The molecule has 10 heteroatoms. The van der Waals surface area contributed by atoms with Gasteiger partial charge in [0, 0.05) is 13.1 Å². The molecule has 0 unspecified atom stereocenters. The van der Waals surface area contributed by atoms with E-state index in [9.17, 15) is 14.0 Å². The molecule has 2 N–H and O–H groups in total. The lowest BCUT2D eigenvalue weighted by atomic mass is 9.79. The predicted octanol–water partition coefficient (Wildman–Crippen LogP) is 4.04. The molecule has 0 spiro atoms. The molecule has 0 aliphatic heterocycles. The first kappa shape index (κ1) is 24.6. The van der Waals surface area contributed by atoms with Gasteiger partial charge in [-0.3, -0.25) is 14.3 Å². The topological polar surface area (TPSA) is 115 Å². The van der Waals surface area contributed by atoms with Crippen LogP contribution >= 0.6 is 0 Å². The van der Waals surface area contributed by atoms with Gasteiger partial charge in [0.15, 0.2) is 5.82 Å². The molecule has 1 saturated carbocycles.